The molecule has 0 amide bonds. The second-order valence-electron chi connectivity index (χ2n) is 4.72. The van der Waals surface area contributed by atoms with Crippen LogP contribution in [0.2, 0.25) is 0 Å². The number of piperazine rings is 1. The molecule has 2 N–H and O–H groups in total. The standard InChI is InChI=1S/C12H21N3O2S2/c1-2-3-14-4-6-15(7-5-14)19(16,17)12-8-11(9-13)10-18-12/h8,10H,2-7,9,13H2,1H3. The van der Waals surface area contributed by atoms with Crippen molar-refractivity contribution in [2.45, 2.75) is 24.1 Å². The molecule has 2 rings (SSSR count). The lowest BCUT2D eigenvalue weighted by molar-refractivity contribution is 0.189. The smallest absolute Gasteiger partial charge is 0.252 e. The Hall–Kier alpha value is -0.470. The van der Waals surface area contributed by atoms with Gasteiger partial charge < -0.3 is 10.6 Å². The molecule has 0 radical (unpaired) electrons. The summed E-state index contributed by atoms with van der Waals surface area (Å²) < 4.78 is 26.9. The third kappa shape index (κ3) is 3.35. The summed E-state index contributed by atoms with van der Waals surface area (Å²) in [6.07, 6.45) is 1.11. The summed E-state index contributed by atoms with van der Waals surface area (Å²) in [4.78, 5) is 2.31. The molecule has 2 heterocycles. The van der Waals surface area contributed by atoms with Gasteiger partial charge in [0.1, 0.15) is 4.21 Å². The molecule has 7 heteroatoms. The summed E-state index contributed by atoms with van der Waals surface area (Å²) in [5, 5.41) is 1.82. The number of hydrogen-bond acceptors (Lipinski definition) is 5. The maximum atomic E-state index is 12.5. The van der Waals surface area contributed by atoms with Gasteiger partial charge >= 0.3 is 0 Å². The van der Waals surface area contributed by atoms with Crippen LogP contribution >= 0.6 is 11.3 Å². The van der Waals surface area contributed by atoms with E-state index in [0.717, 1.165) is 31.6 Å². The molecule has 0 unspecified atom stereocenters. The van der Waals surface area contributed by atoms with E-state index in [-0.39, 0.29) is 0 Å². The van der Waals surface area contributed by atoms with Crippen LogP contribution < -0.4 is 5.73 Å². The molecule has 19 heavy (non-hydrogen) atoms. The molecule has 0 spiro atoms. The van der Waals surface area contributed by atoms with Crippen molar-refractivity contribution in [1.29, 1.82) is 0 Å². The zero-order valence-electron chi connectivity index (χ0n) is 11.2. The van der Waals surface area contributed by atoms with E-state index < -0.39 is 10.0 Å². The van der Waals surface area contributed by atoms with Gasteiger partial charge in [0, 0.05) is 32.7 Å². The number of hydrogen-bond donors (Lipinski definition) is 1. The molecule has 1 saturated heterocycles. The van der Waals surface area contributed by atoms with E-state index in [4.69, 9.17) is 5.73 Å². The molecular formula is C12H21N3O2S2. The molecule has 1 aliphatic heterocycles. The summed E-state index contributed by atoms with van der Waals surface area (Å²) in [7, 11) is -3.32. The fraction of sp³-hybridized carbons (Fsp3) is 0.667. The lowest BCUT2D eigenvalue weighted by Crippen LogP contribution is -2.48. The number of rotatable bonds is 5. The van der Waals surface area contributed by atoms with Crippen LogP contribution in [-0.2, 0) is 16.6 Å². The van der Waals surface area contributed by atoms with E-state index in [0.29, 0.717) is 23.8 Å². The molecule has 0 bridgehead atoms. The zero-order valence-corrected chi connectivity index (χ0v) is 12.8. The predicted molar refractivity (Wildman–Crippen MR) is 77.7 cm³/mol. The van der Waals surface area contributed by atoms with Crippen molar-refractivity contribution in [2.75, 3.05) is 32.7 Å². The normalized spacial score (nSPS) is 18.8. The Morgan fingerprint density at radius 2 is 2.00 bits per heavy atom. The lowest BCUT2D eigenvalue weighted by atomic mass is 10.3. The maximum absolute atomic E-state index is 12.5. The zero-order chi connectivity index (χ0) is 13.9. The van der Waals surface area contributed by atoms with Crippen molar-refractivity contribution in [3.63, 3.8) is 0 Å². The van der Waals surface area contributed by atoms with Gasteiger partial charge in [-0.05, 0) is 30.0 Å². The Morgan fingerprint density at radius 1 is 1.32 bits per heavy atom. The molecule has 0 atom stereocenters. The molecule has 5 nitrogen and oxygen atoms in total. The Kier molecular flexibility index (Phi) is 4.97. The number of nitrogens with two attached hydrogens (primary N) is 1. The average molecular weight is 303 g/mol. The third-order valence-corrected chi connectivity index (χ3v) is 6.69. The first-order chi connectivity index (χ1) is 9.07. The molecule has 1 aliphatic rings. The molecule has 1 fully saturated rings. The summed E-state index contributed by atoms with van der Waals surface area (Å²) >= 11 is 1.26. The first kappa shape index (κ1) is 14.9. The molecule has 0 saturated carbocycles. The SMILES string of the molecule is CCCN1CCN(S(=O)(=O)c2cc(CN)cs2)CC1. The Bertz CT molecular complexity index is 505. The van der Waals surface area contributed by atoms with Crippen LogP contribution in [0, 0.1) is 0 Å². The topological polar surface area (TPSA) is 66.6 Å². The minimum atomic E-state index is -3.32. The molecule has 0 aliphatic carbocycles. The molecule has 108 valence electrons. The van der Waals surface area contributed by atoms with Crippen LogP contribution in [0.3, 0.4) is 0 Å². The van der Waals surface area contributed by atoms with E-state index in [1.54, 1.807) is 10.4 Å². The van der Waals surface area contributed by atoms with Gasteiger partial charge in [0.2, 0.25) is 0 Å². The fourth-order valence-corrected chi connectivity index (χ4v) is 5.03. The average Bonchev–Trinajstić information content (AvgIpc) is 2.89. The minimum absolute atomic E-state index is 0.385. The van der Waals surface area contributed by atoms with Crippen molar-refractivity contribution in [2.24, 2.45) is 5.73 Å². The van der Waals surface area contributed by atoms with Gasteiger partial charge in [0.05, 0.1) is 0 Å². The second kappa shape index (κ2) is 6.32. The van der Waals surface area contributed by atoms with E-state index in [2.05, 4.69) is 11.8 Å². The van der Waals surface area contributed by atoms with Gasteiger partial charge in [-0.3, -0.25) is 0 Å². The highest BCUT2D eigenvalue weighted by molar-refractivity contribution is 7.91. The summed E-state index contributed by atoms with van der Waals surface area (Å²) in [5.74, 6) is 0. The molecule has 1 aromatic rings. The van der Waals surface area contributed by atoms with Crippen LogP contribution in [0.25, 0.3) is 0 Å². The highest BCUT2D eigenvalue weighted by Crippen LogP contribution is 2.24. The number of nitrogens with zero attached hydrogens (tertiary/aromatic N) is 2. The molecule has 1 aromatic heterocycles. The predicted octanol–water partition coefficient (Wildman–Crippen LogP) is 0.923. The highest BCUT2D eigenvalue weighted by atomic mass is 32.2. The van der Waals surface area contributed by atoms with Crippen molar-refractivity contribution in [1.82, 2.24) is 9.21 Å². The molecule has 0 aromatic carbocycles. The van der Waals surface area contributed by atoms with Crippen LogP contribution in [0.15, 0.2) is 15.7 Å². The summed E-state index contributed by atoms with van der Waals surface area (Å²) in [5.41, 5.74) is 6.41. The Morgan fingerprint density at radius 3 is 2.53 bits per heavy atom. The fourth-order valence-electron chi connectivity index (χ4n) is 2.23. The molecular weight excluding hydrogens is 282 g/mol. The Labute approximate surface area is 119 Å². The van der Waals surface area contributed by atoms with E-state index in [1.807, 2.05) is 5.38 Å². The van der Waals surface area contributed by atoms with Gasteiger partial charge in [-0.15, -0.1) is 11.3 Å². The van der Waals surface area contributed by atoms with Gasteiger partial charge in [-0.2, -0.15) is 4.31 Å². The minimum Gasteiger partial charge on any atom is -0.326 e. The van der Waals surface area contributed by atoms with Crippen LogP contribution in [0.5, 0.6) is 0 Å². The first-order valence-corrected chi connectivity index (χ1v) is 8.90. The van der Waals surface area contributed by atoms with Crippen LogP contribution in [0.1, 0.15) is 18.9 Å². The monoisotopic (exact) mass is 303 g/mol. The van der Waals surface area contributed by atoms with Gasteiger partial charge in [-0.25, -0.2) is 8.42 Å². The van der Waals surface area contributed by atoms with Crippen molar-refractivity contribution >= 4 is 21.4 Å². The van der Waals surface area contributed by atoms with Crippen molar-refractivity contribution in [3.8, 4) is 0 Å². The van der Waals surface area contributed by atoms with Gasteiger partial charge in [0.25, 0.3) is 10.0 Å². The van der Waals surface area contributed by atoms with Gasteiger partial charge in [-0.1, -0.05) is 6.92 Å². The quantitative estimate of drug-likeness (QED) is 0.878. The lowest BCUT2D eigenvalue weighted by Gasteiger charge is -2.33. The van der Waals surface area contributed by atoms with E-state index in [9.17, 15) is 8.42 Å². The van der Waals surface area contributed by atoms with Gasteiger partial charge in [0.15, 0.2) is 0 Å². The second-order valence-corrected chi connectivity index (χ2v) is 7.80. The summed E-state index contributed by atoms with van der Waals surface area (Å²) in [6, 6.07) is 1.69. The first-order valence-electron chi connectivity index (χ1n) is 6.58. The highest BCUT2D eigenvalue weighted by Gasteiger charge is 2.29. The number of sulfonamides is 1. The van der Waals surface area contributed by atoms with Crippen molar-refractivity contribution in [3.05, 3.63) is 17.0 Å². The van der Waals surface area contributed by atoms with Crippen LogP contribution in [-0.4, -0.2) is 50.3 Å². The third-order valence-electron chi connectivity index (χ3n) is 3.33. The summed E-state index contributed by atoms with van der Waals surface area (Å²) in [6.45, 7) is 6.38. The Balaban J connectivity index is 2.05. The van der Waals surface area contributed by atoms with Crippen molar-refractivity contribution < 1.29 is 8.42 Å². The van der Waals surface area contributed by atoms with E-state index in [1.165, 1.54) is 11.3 Å². The largest absolute Gasteiger partial charge is 0.326 e. The van der Waals surface area contributed by atoms with Crippen LogP contribution in [0.4, 0.5) is 0 Å². The van der Waals surface area contributed by atoms with E-state index >= 15 is 0 Å². The maximum Gasteiger partial charge on any atom is 0.252 e. The number of thiophene rings is 1.